The van der Waals surface area contributed by atoms with Crippen LogP contribution in [0.3, 0.4) is 0 Å². The van der Waals surface area contributed by atoms with Gasteiger partial charge in [0.1, 0.15) is 0 Å². The summed E-state index contributed by atoms with van der Waals surface area (Å²) in [5, 5.41) is 3.34. The molecule has 1 aromatic rings. The Morgan fingerprint density at radius 2 is 1.71 bits per heavy atom. The molecule has 17 heavy (non-hydrogen) atoms. The normalized spacial score (nSPS) is 15.0. The minimum atomic E-state index is -0.795. The van der Waals surface area contributed by atoms with E-state index in [1.807, 2.05) is 6.92 Å². The van der Waals surface area contributed by atoms with Crippen LogP contribution in [0.2, 0.25) is 0 Å². The molecular formula is C14H21F2N. The number of halogens is 2. The van der Waals surface area contributed by atoms with Crippen LogP contribution in [-0.4, -0.2) is 6.54 Å². The highest BCUT2D eigenvalue weighted by Crippen LogP contribution is 2.17. The van der Waals surface area contributed by atoms with Gasteiger partial charge in [-0.3, -0.25) is 0 Å². The SMILES string of the molecule is CC(NCC(C)C(C)C)c1ccc(F)c(F)c1. The first-order valence-electron chi connectivity index (χ1n) is 6.10. The minimum Gasteiger partial charge on any atom is -0.310 e. The van der Waals surface area contributed by atoms with E-state index >= 15 is 0 Å². The minimum absolute atomic E-state index is 0.0336. The molecule has 2 atom stereocenters. The van der Waals surface area contributed by atoms with Crippen LogP contribution in [0.5, 0.6) is 0 Å². The Bertz CT molecular complexity index is 363. The highest BCUT2D eigenvalue weighted by atomic mass is 19.2. The van der Waals surface area contributed by atoms with E-state index in [9.17, 15) is 8.78 Å². The predicted molar refractivity (Wildman–Crippen MR) is 66.8 cm³/mol. The molecule has 0 bridgehead atoms. The van der Waals surface area contributed by atoms with E-state index in [2.05, 4.69) is 26.1 Å². The van der Waals surface area contributed by atoms with Crippen LogP contribution >= 0.6 is 0 Å². The molecule has 3 heteroatoms. The smallest absolute Gasteiger partial charge is 0.159 e. The third-order valence-electron chi connectivity index (χ3n) is 3.33. The number of hydrogen-bond acceptors (Lipinski definition) is 1. The molecule has 0 aliphatic heterocycles. The molecule has 2 unspecified atom stereocenters. The maximum absolute atomic E-state index is 13.1. The number of benzene rings is 1. The average molecular weight is 241 g/mol. The maximum atomic E-state index is 13.1. The van der Waals surface area contributed by atoms with Gasteiger partial charge in [0, 0.05) is 6.04 Å². The molecular weight excluding hydrogens is 220 g/mol. The molecule has 0 aromatic heterocycles. The fourth-order valence-electron chi connectivity index (χ4n) is 1.50. The zero-order chi connectivity index (χ0) is 13.0. The van der Waals surface area contributed by atoms with Crippen molar-refractivity contribution >= 4 is 0 Å². The molecule has 0 amide bonds. The lowest BCUT2D eigenvalue weighted by atomic mass is 9.97. The second kappa shape index (κ2) is 6.10. The van der Waals surface area contributed by atoms with Crippen molar-refractivity contribution in [2.75, 3.05) is 6.54 Å². The molecule has 0 saturated carbocycles. The van der Waals surface area contributed by atoms with Gasteiger partial charge in [-0.05, 0) is 43.0 Å². The molecule has 0 fully saturated rings. The molecule has 1 aromatic carbocycles. The zero-order valence-electron chi connectivity index (χ0n) is 10.9. The molecule has 0 aliphatic carbocycles. The third-order valence-corrected chi connectivity index (χ3v) is 3.33. The summed E-state index contributed by atoms with van der Waals surface area (Å²) in [7, 11) is 0. The van der Waals surface area contributed by atoms with Gasteiger partial charge in [0.15, 0.2) is 11.6 Å². The van der Waals surface area contributed by atoms with Crippen LogP contribution < -0.4 is 5.32 Å². The van der Waals surface area contributed by atoms with Gasteiger partial charge in [-0.15, -0.1) is 0 Å². The molecule has 1 rings (SSSR count). The van der Waals surface area contributed by atoms with Gasteiger partial charge in [-0.25, -0.2) is 8.78 Å². The van der Waals surface area contributed by atoms with E-state index in [0.717, 1.165) is 12.1 Å². The molecule has 0 heterocycles. The largest absolute Gasteiger partial charge is 0.310 e. The van der Waals surface area contributed by atoms with Crippen molar-refractivity contribution in [1.82, 2.24) is 5.32 Å². The van der Waals surface area contributed by atoms with Gasteiger partial charge in [0.05, 0.1) is 0 Å². The zero-order valence-corrected chi connectivity index (χ0v) is 10.9. The van der Waals surface area contributed by atoms with Crippen LogP contribution in [0.1, 0.15) is 39.3 Å². The van der Waals surface area contributed by atoms with Crippen molar-refractivity contribution in [3.63, 3.8) is 0 Å². The van der Waals surface area contributed by atoms with E-state index < -0.39 is 11.6 Å². The summed E-state index contributed by atoms with van der Waals surface area (Å²) < 4.78 is 25.9. The fraction of sp³-hybridized carbons (Fsp3) is 0.571. The monoisotopic (exact) mass is 241 g/mol. The van der Waals surface area contributed by atoms with Crippen molar-refractivity contribution in [3.8, 4) is 0 Å². The van der Waals surface area contributed by atoms with Gasteiger partial charge < -0.3 is 5.32 Å². The Hall–Kier alpha value is -0.960. The van der Waals surface area contributed by atoms with E-state index in [4.69, 9.17) is 0 Å². The maximum Gasteiger partial charge on any atom is 0.159 e. The molecule has 1 N–H and O–H groups in total. The fourth-order valence-corrected chi connectivity index (χ4v) is 1.50. The summed E-state index contributed by atoms with van der Waals surface area (Å²) in [4.78, 5) is 0. The Kier molecular flexibility index (Phi) is 5.06. The van der Waals surface area contributed by atoms with E-state index in [-0.39, 0.29) is 6.04 Å². The topological polar surface area (TPSA) is 12.0 Å². The second-order valence-corrected chi connectivity index (χ2v) is 5.02. The lowest BCUT2D eigenvalue weighted by Crippen LogP contribution is -2.26. The third kappa shape index (κ3) is 4.08. The Balaban J connectivity index is 2.58. The number of hydrogen-bond donors (Lipinski definition) is 1. The van der Waals surface area contributed by atoms with Crippen molar-refractivity contribution in [2.45, 2.75) is 33.7 Å². The molecule has 0 aliphatic rings. The highest BCUT2D eigenvalue weighted by Gasteiger charge is 2.11. The standard InChI is InChI=1S/C14H21F2N/c1-9(2)10(3)8-17-11(4)12-5-6-13(15)14(16)7-12/h5-7,9-11,17H,8H2,1-4H3. The molecule has 96 valence electrons. The Morgan fingerprint density at radius 1 is 1.06 bits per heavy atom. The van der Waals surface area contributed by atoms with Gasteiger partial charge >= 0.3 is 0 Å². The molecule has 1 nitrogen and oxygen atoms in total. The van der Waals surface area contributed by atoms with Crippen molar-refractivity contribution in [2.24, 2.45) is 11.8 Å². The quantitative estimate of drug-likeness (QED) is 0.824. The summed E-state index contributed by atoms with van der Waals surface area (Å²) in [6.45, 7) is 9.36. The van der Waals surface area contributed by atoms with Crippen molar-refractivity contribution < 1.29 is 8.78 Å². The van der Waals surface area contributed by atoms with E-state index in [0.29, 0.717) is 11.8 Å². The van der Waals surface area contributed by atoms with Crippen molar-refractivity contribution in [3.05, 3.63) is 35.4 Å². The van der Waals surface area contributed by atoms with E-state index in [1.54, 1.807) is 6.07 Å². The number of nitrogens with one attached hydrogen (secondary N) is 1. The van der Waals surface area contributed by atoms with Crippen LogP contribution in [-0.2, 0) is 0 Å². The highest BCUT2D eigenvalue weighted by molar-refractivity contribution is 5.20. The summed E-state index contributed by atoms with van der Waals surface area (Å²) in [5.41, 5.74) is 0.778. The predicted octanol–water partition coefficient (Wildman–Crippen LogP) is 3.91. The Morgan fingerprint density at radius 3 is 2.24 bits per heavy atom. The first-order chi connectivity index (χ1) is 7.91. The van der Waals surface area contributed by atoms with Crippen LogP contribution in [0.25, 0.3) is 0 Å². The lowest BCUT2D eigenvalue weighted by molar-refractivity contribution is 0.375. The summed E-state index contributed by atoms with van der Waals surface area (Å²) >= 11 is 0. The van der Waals surface area contributed by atoms with Crippen molar-refractivity contribution in [1.29, 1.82) is 0 Å². The molecule has 0 saturated heterocycles. The first-order valence-corrected chi connectivity index (χ1v) is 6.10. The van der Waals surface area contributed by atoms with Crippen LogP contribution in [0, 0.1) is 23.5 Å². The van der Waals surface area contributed by atoms with Gasteiger partial charge in [0.2, 0.25) is 0 Å². The van der Waals surface area contributed by atoms with Gasteiger partial charge in [0.25, 0.3) is 0 Å². The Labute approximate surface area is 102 Å². The summed E-state index contributed by atoms with van der Waals surface area (Å²) in [6, 6.07) is 4.09. The summed E-state index contributed by atoms with van der Waals surface area (Å²) in [6.07, 6.45) is 0. The molecule has 0 spiro atoms. The molecule has 0 radical (unpaired) electrons. The van der Waals surface area contributed by atoms with E-state index in [1.165, 1.54) is 12.1 Å². The van der Waals surface area contributed by atoms with Gasteiger partial charge in [-0.1, -0.05) is 26.8 Å². The second-order valence-electron chi connectivity index (χ2n) is 5.02. The van der Waals surface area contributed by atoms with Crippen LogP contribution in [0.15, 0.2) is 18.2 Å². The van der Waals surface area contributed by atoms with Gasteiger partial charge in [-0.2, -0.15) is 0 Å². The number of rotatable bonds is 5. The van der Waals surface area contributed by atoms with Crippen LogP contribution in [0.4, 0.5) is 8.78 Å². The average Bonchev–Trinajstić information content (AvgIpc) is 2.28. The first kappa shape index (κ1) is 14.1. The summed E-state index contributed by atoms with van der Waals surface area (Å²) in [5.74, 6) is -0.410. The lowest BCUT2D eigenvalue weighted by Gasteiger charge is -2.20.